The summed E-state index contributed by atoms with van der Waals surface area (Å²) < 4.78 is 5.29. The van der Waals surface area contributed by atoms with Gasteiger partial charge in [0.25, 0.3) is 0 Å². The molecule has 1 saturated heterocycles. The zero-order chi connectivity index (χ0) is 15.2. The highest BCUT2D eigenvalue weighted by Crippen LogP contribution is 2.29. The molecule has 0 radical (unpaired) electrons. The van der Waals surface area contributed by atoms with Crippen LogP contribution in [-0.4, -0.2) is 47.3 Å². The summed E-state index contributed by atoms with van der Waals surface area (Å²) in [7, 11) is 0. The Morgan fingerprint density at radius 1 is 1.48 bits per heavy atom. The van der Waals surface area contributed by atoms with Crippen LogP contribution in [0.4, 0.5) is 0 Å². The number of morpholine rings is 1. The summed E-state index contributed by atoms with van der Waals surface area (Å²) >= 11 is 1.43. The Morgan fingerprint density at radius 2 is 2.19 bits per heavy atom. The van der Waals surface area contributed by atoms with Crippen molar-refractivity contribution < 1.29 is 9.53 Å². The molecule has 6 heteroatoms. The van der Waals surface area contributed by atoms with Crippen molar-refractivity contribution in [1.29, 1.82) is 5.26 Å². The number of amides is 1. The average molecular weight is 305 g/mol. The Bertz CT molecular complexity index is 536. The Labute approximate surface area is 129 Å². The fraction of sp³-hybridized carbons (Fsp3) is 0.533. The van der Waals surface area contributed by atoms with E-state index in [0.29, 0.717) is 36.9 Å². The number of hydrogen-bond acceptors (Lipinski definition) is 5. The van der Waals surface area contributed by atoms with Crippen LogP contribution in [0.3, 0.4) is 0 Å². The number of rotatable bonds is 4. The number of aromatic nitrogens is 1. The van der Waals surface area contributed by atoms with Gasteiger partial charge in [-0.05, 0) is 18.1 Å². The van der Waals surface area contributed by atoms with Gasteiger partial charge in [0.05, 0.1) is 35.1 Å². The van der Waals surface area contributed by atoms with Crippen LogP contribution in [0.5, 0.6) is 0 Å². The minimum Gasteiger partial charge on any atom is -0.378 e. The Morgan fingerprint density at radius 3 is 2.81 bits per heavy atom. The van der Waals surface area contributed by atoms with Gasteiger partial charge in [-0.3, -0.25) is 4.79 Å². The van der Waals surface area contributed by atoms with E-state index in [-0.39, 0.29) is 17.1 Å². The summed E-state index contributed by atoms with van der Waals surface area (Å²) in [6, 6.07) is 5.49. The average Bonchev–Trinajstić information content (AvgIpc) is 2.52. The first-order valence-electron chi connectivity index (χ1n) is 7.01. The van der Waals surface area contributed by atoms with Gasteiger partial charge in [-0.15, -0.1) is 0 Å². The van der Waals surface area contributed by atoms with E-state index >= 15 is 0 Å². The minimum atomic E-state index is -0.190. The lowest BCUT2D eigenvalue weighted by molar-refractivity contribution is -0.135. The highest BCUT2D eigenvalue weighted by Gasteiger charge is 2.29. The minimum absolute atomic E-state index is 0.127. The molecule has 2 rings (SSSR count). The first-order chi connectivity index (χ1) is 10.1. The van der Waals surface area contributed by atoms with Crippen LogP contribution < -0.4 is 0 Å². The molecule has 112 valence electrons. The number of carbonyl (C=O) groups excluding carboxylic acids is 1. The zero-order valence-corrected chi connectivity index (χ0v) is 13.1. The number of carbonyl (C=O) groups is 1. The van der Waals surface area contributed by atoms with E-state index in [2.05, 4.69) is 11.1 Å². The Balaban J connectivity index is 2.11. The molecule has 21 heavy (non-hydrogen) atoms. The molecule has 0 bridgehead atoms. The van der Waals surface area contributed by atoms with E-state index in [1.54, 1.807) is 18.3 Å². The number of pyridine rings is 1. The topological polar surface area (TPSA) is 66.2 Å². The standard InChI is InChI=1S/C15H19N3O2S/c1-11(2)14(15(19)18-5-7-20-8-6-18)21-13-9-12(10-16)3-4-17-13/h3-4,9,11,14H,5-8H2,1-2H3. The van der Waals surface area contributed by atoms with Crippen LogP contribution >= 0.6 is 11.8 Å². The largest absolute Gasteiger partial charge is 0.378 e. The van der Waals surface area contributed by atoms with Crippen LogP contribution in [0.1, 0.15) is 19.4 Å². The first-order valence-corrected chi connectivity index (χ1v) is 7.89. The van der Waals surface area contributed by atoms with Crippen LogP contribution in [0.25, 0.3) is 0 Å². The zero-order valence-electron chi connectivity index (χ0n) is 12.3. The number of thioether (sulfide) groups is 1. The maximum atomic E-state index is 12.7. The molecule has 1 amide bonds. The third-order valence-electron chi connectivity index (χ3n) is 3.28. The van der Waals surface area contributed by atoms with Crippen molar-refractivity contribution in [2.24, 2.45) is 5.92 Å². The molecular formula is C15H19N3O2S. The molecule has 1 fully saturated rings. The molecule has 0 aliphatic carbocycles. The predicted octanol–water partition coefficient (Wildman–Crippen LogP) is 1.93. The third kappa shape index (κ3) is 4.19. The van der Waals surface area contributed by atoms with Crippen molar-refractivity contribution in [2.45, 2.75) is 24.1 Å². The SMILES string of the molecule is CC(C)C(Sc1cc(C#N)ccn1)C(=O)N1CCOCC1. The first kappa shape index (κ1) is 15.8. The molecule has 1 aromatic heterocycles. The number of nitriles is 1. The normalized spacial score (nSPS) is 16.6. The number of hydrogen-bond donors (Lipinski definition) is 0. The smallest absolute Gasteiger partial charge is 0.236 e. The van der Waals surface area contributed by atoms with Gasteiger partial charge >= 0.3 is 0 Å². The van der Waals surface area contributed by atoms with Gasteiger partial charge < -0.3 is 9.64 Å². The molecule has 2 heterocycles. The van der Waals surface area contributed by atoms with Crippen LogP contribution in [0.2, 0.25) is 0 Å². The highest BCUT2D eigenvalue weighted by atomic mass is 32.2. The molecule has 0 saturated carbocycles. The van der Waals surface area contributed by atoms with Crippen LogP contribution in [0, 0.1) is 17.2 Å². The molecule has 1 aromatic rings. The Hall–Kier alpha value is -1.58. The maximum absolute atomic E-state index is 12.7. The molecule has 0 aromatic carbocycles. The summed E-state index contributed by atoms with van der Waals surface area (Å²) in [5, 5.41) is 9.47. The highest BCUT2D eigenvalue weighted by molar-refractivity contribution is 8.00. The lowest BCUT2D eigenvalue weighted by atomic mass is 10.1. The maximum Gasteiger partial charge on any atom is 0.236 e. The van der Waals surface area contributed by atoms with Crippen LogP contribution in [-0.2, 0) is 9.53 Å². The van der Waals surface area contributed by atoms with Crippen molar-refractivity contribution in [1.82, 2.24) is 9.88 Å². The van der Waals surface area contributed by atoms with E-state index in [4.69, 9.17) is 10.00 Å². The van der Waals surface area contributed by atoms with Gasteiger partial charge in [0, 0.05) is 19.3 Å². The van der Waals surface area contributed by atoms with Crippen LogP contribution in [0.15, 0.2) is 23.4 Å². The monoisotopic (exact) mass is 305 g/mol. The molecule has 1 unspecified atom stereocenters. The summed E-state index contributed by atoms with van der Waals surface area (Å²) in [5.41, 5.74) is 0.564. The van der Waals surface area contributed by atoms with Gasteiger partial charge in [0.2, 0.25) is 5.91 Å². The van der Waals surface area contributed by atoms with Crippen molar-refractivity contribution in [3.63, 3.8) is 0 Å². The number of nitrogens with zero attached hydrogens (tertiary/aromatic N) is 3. The molecule has 5 nitrogen and oxygen atoms in total. The van der Waals surface area contributed by atoms with Crippen molar-refractivity contribution >= 4 is 17.7 Å². The third-order valence-corrected chi connectivity index (χ3v) is 4.75. The number of ether oxygens (including phenoxy) is 1. The molecular weight excluding hydrogens is 286 g/mol. The predicted molar refractivity (Wildman–Crippen MR) is 80.8 cm³/mol. The summed E-state index contributed by atoms with van der Waals surface area (Å²) in [6.45, 7) is 6.56. The van der Waals surface area contributed by atoms with E-state index in [0.717, 1.165) is 0 Å². The second-order valence-electron chi connectivity index (χ2n) is 5.21. The van der Waals surface area contributed by atoms with E-state index in [1.807, 2.05) is 18.7 Å². The fourth-order valence-corrected chi connectivity index (χ4v) is 3.21. The molecule has 0 N–H and O–H groups in total. The van der Waals surface area contributed by atoms with Crippen molar-refractivity contribution in [2.75, 3.05) is 26.3 Å². The quantitative estimate of drug-likeness (QED) is 0.795. The van der Waals surface area contributed by atoms with Gasteiger partial charge in [-0.1, -0.05) is 25.6 Å². The van der Waals surface area contributed by atoms with E-state index < -0.39 is 0 Å². The Kier molecular flexibility index (Phi) is 5.59. The fourth-order valence-electron chi connectivity index (χ4n) is 2.11. The summed E-state index contributed by atoms with van der Waals surface area (Å²) in [6.07, 6.45) is 1.61. The summed E-state index contributed by atoms with van der Waals surface area (Å²) in [4.78, 5) is 18.8. The van der Waals surface area contributed by atoms with E-state index in [9.17, 15) is 4.79 Å². The van der Waals surface area contributed by atoms with E-state index in [1.165, 1.54) is 11.8 Å². The van der Waals surface area contributed by atoms with Gasteiger partial charge in [0.15, 0.2) is 0 Å². The summed E-state index contributed by atoms with van der Waals surface area (Å²) in [5.74, 6) is 0.320. The van der Waals surface area contributed by atoms with Crippen molar-refractivity contribution in [3.05, 3.63) is 23.9 Å². The second-order valence-corrected chi connectivity index (χ2v) is 6.38. The van der Waals surface area contributed by atoms with Gasteiger partial charge in [-0.25, -0.2) is 4.98 Å². The lowest BCUT2D eigenvalue weighted by Gasteiger charge is -2.31. The molecule has 1 atom stereocenters. The van der Waals surface area contributed by atoms with Gasteiger partial charge in [0.1, 0.15) is 0 Å². The van der Waals surface area contributed by atoms with Gasteiger partial charge in [-0.2, -0.15) is 5.26 Å². The molecule has 0 spiro atoms. The molecule has 1 aliphatic heterocycles. The second kappa shape index (κ2) is 7.43. The lowest BCUT2D eigenvalue weighted by Crippen LogP contribution is -2.46. The molecule has 1 aliphatic rings. The van der Waals surface area contributed by atoms with Crippen molar-refractivity contribution in [3.8, 4) is 6.07 Å².